The van der Waals surface area contributed by atoms with Gasteiger partial charge in [-0.1, -0.05) is 0 Å². The van der Waals surface area contributed by atoms with Crippen LogP contribution in [-0.4, -0.2) is 30.9 Å². The molecule has 4 nitrogen and oxygen atoms in total. The van der Waals surface area contributed by atoms with Crippen LogP contribution < -0.4 is 0 Å². The first kappa shape index (κ1) is 12.5. The van der Waals surface area contributed by atoms with Gasteiger partial charge in [0.2, 0.25) is 0 Å². The SMILES string of the molecule is CO[SiH](OC)OC.[O]=[Zr]. The Morgan fingerprint density at radius 2 is 1.22 bits per heavy atom. The van der Waals surface area contributed by atoms with E-state index in [0.29, 0.717) is 24.7 Å². The van der Waals surface area contributed by atoms with Gasteiger partial charge in [-0.15, -0.1) is 0 Å². The molecule has 0 bridgehead atoms. The molecule has 0 aliphatic rings. The van der Waals surface area contributed by atoms with Crippen molar-refractivity contribution in [3.05, 3.63) is 0 Å². The molecule has 0 spiro atoms. The Kier molecular flexibility index (Phi) is 16.0. The number of hydrogen-bond donors (Lipinski definition) is 0. The van der Waals surface area contributed by atoms with Gasteiger partial charge in [0.1, 0.15) is 0 Å². The molecule has 0 atom stereocenters. The van der Waals surface area contributed by atoms with E-state index in [-0.39, 0.29) is 0 Å². The first-order valence-electron chi connectivity index (χ1n) is 2.14. The van der Waals surface area contributed by atoms with E-state index in [1.807, 2.05) is 0 Å². The van der Waals surface area contributed by atoms with Gasteiger partial charge in [0, 0.05) is 21.3 Å². The van der Waals surface area contributed by atoms with Crippen molar-refractivity contribution < 1.29 is 40.8 Å². The predicted octanol–water partition coefficient (Wildman–Crippen LogP) is -0.479. The van der Waals surface area contributed by atoms with Crippen LogP contribution >= 0.6 is 0 Å². The van der Waals surface area contributed by atoms with E-state index in [4.69, 9.17) is 16.1 Å². The molecule has 9 heavy (non-hydrogen) atoms. The minimum atomic E-state index is -1.67. The van der Waals surface area contributed by atoms with Gasteiger partial charge in [-0.2, -0.15) is 0 Å². The zero-order valence-corrected chi connectivity index (χ0v) is 9.32. The Labute approximate surface area is 71.7 Å². The van der Waals surface area contributed by atoms with E-state index >= 15 is 0 Å². The average molecular weight is 229 g/mol. The van der Waals surface area contributed by atoms with Crippen LogP contribution in [0.25, 0.3) is 0 Å². The summed E-state index contributed by atoms with van der Waals surface area (Å²) < 4.78 is 22.6. The van der Waals surface area contributed by atoms with Gasteiger partial charge in [0.15, 0.2) is 0 Å². The summed E-state index contributed by atoms with van der Waals surface area (Å²) in [4.78, 5) is 0. The van der Waals surface area contributed by atoms with Crippen molar-refractivity contribution in [2.45, 2.75) is 0 Å². The third-order valence-corrected chi connectivity index (χ3v) is 1.73. The molecule has 0 aliphatic heterocycles. The van der Waals surface area contributed by atoms with Crippen molar-refractivity contribution >= 4 is 9.53 Å². The molecule has 0 amide bonds. The van der Waals surface area contributed by atoms with Crippen molar-refractivity contribution in [2.75, 3.05) is 21.3 Å². The van der Waals surface area contributed by atoms with Gasteiger partial charge in [-0.25, -0.2) is 0 Å². The summed E-state index contributed by atoms with van der Waals surface area (Å²) in [5.41, 5.74) is 0. The summed E-state index contributed by atoms with van der Waals surface area (Å²) in [7, 11) is 3.05. The van der Waals surface area contributed by atoms with E-state index in [2.05, 4.69) is 0 Å². The monoisotopic (exact) mass is 228 g/mol. The van der Waals surface area contributed by atoms with Crippen molar-refractivity contribution in [3.8, 4) is 0 Å². The predicted molar refractivity (Wildman–Crippen MR) is 28.9 cm³/mol. The van der Waals surface area contributed by atoms with E-state index in [9.17, 15) is 0 Å². The molecule has 0 rings (SSSR count). The molecule has 0 aromatic heterocycles. The first-order chi connectivity index (χ1) is 4.35. The standard InChI is InChI=1S/C3H10O3Si.O.Zr/c1-4-7(5-2)6-3;;/h7H,1-3H3;;. The number of rotatable bonds is 3. The molecule has 0 aromatic carbocycles. The van der Waals surface area contributed by atoms with E-state index in [1.54, 1.807) is 21.3 Å². The van der Waals surface area contributed by atoms with Crippen LogP contribution in [0.3, 0.4) is 0 Å². The zero-order chi connectivity index (χ0) is 7.70. The van der Waals surface area contributed by atoms with Crippen molar-refractivity contribution in [1.29, 1.82) is 0 Å². The van der Waals surface area contributed by atoms with Crippen LogP contribution in [0.15, 0.2) is 0 Å². The summed E-state index contributed by atoms with van der Waals surface area (Å²) >= 11 is 0.300. The summed E-state index contributed by atoms with van der Waals surface area (Å²) in [5.74, 6) is 0. The topological polar surface area (TPSA) is 44.8 Å². The second-order valence-electron chi connectivity index (χ2n) is 0.996. The van der Waals surface area contributed by atoms with Crippen molar-refractivity contribution in [1.82, 2.24) is 0 Å². The van der Waals surface area contributed by atoms with E-state index in [1.165, 1.54) is 0 Å². The Balaban J connectivity index is 0. The van der Waals surface area contributed by atoms with Gasteiger partial charge < -0.3 is 13.3 Å². The number of hydrogen-bond acceptors (Lipinski definition) is 4. The molecule has 0 radical (unpaired) electrons. The fourth-order valence-corrected chi connectivity index (χ4v) is 0.866. The van der Waals surface area contributed by atoms with Crippen LogP contribution in [0.4, 0.5) is 0 Å². The Bertz CT molecular complexity index is 45.6. The zero-order valence-electron chi connectivity index (χ0n) is 5.71. The maximum absolute atomic E-state index is 8.34. The Morgan fingerprint density at radius 1 is 1.00 bits per heavy atom. The van der Waals surface area contributed by atoms with E-state index in [0.717, 1.165) is 0 Å². The molecule has 0 aliphatic carbocycles. The van der Waals surface area contributed by atoms with Crippen molar-refractivity contribution in [2.24, 2.45) is 0 Å². The molecule has 0 fully saturated rings. The molecule has 6 heteroatoms. The third kappa shape index (κ3) is 8.78. The minimum absolute atomic E-state index is 0.300. The summed E-state index contributed by atoms with van der Waals surface area (Å²) in [6, 6.07) is 0. The molecule has 0 unspecified atom stereocenters. The van der Waals surface area contributed by atoms with Gasteiger partial charge in [-0.3, -0.25) is 0 Å². The molecule has 0 N–H and O–H groups in total. The second kappa shape index (κ2) is 11.6. The fourth-order valence-electron chi connectivity index (χ4n) is 0.289. The van der Waals surface area contributed by atoms with Crippen LogP contribution in [0.2, 0.25) is 0 Å². The van der Waals surface area contributed by atoms with Crippen LogP contribution in [0.1, 0.15) is 0 Å². The quantitative estimate of drug-likeness (QED) is 0.613. The molecule has 0 saturated carbocycles. The molecule has 0 heterocycles. The molecule has 54 valence electrons. The average Bonchev–Trinajstić information content (AvgIpc) is 1.96. The normalized spacial score (nSPS) is 8.33. The second-order valence-corrected chi connectivity index (χ2v) is 2.99. The summed E-state index contributed by atoms with van der Waals surface area (Å²) in [5, 5.41) is 0. The summed E-state index contributed by atoms with van der Waals surface area (Å²) in [6.45, 7) is 0. The third-order valence-electron chi connectivity index (χ3n) is 0.577. The molecular weight excluding hydrogens is 219 g/mol. The van der Waals surface area contributed by atoms with Crippen molar-refractivity contribution in [3.63, 3.8) is 0 Å². The van der Waals surface area contributed by atoms with Gasteiger partial charge in [0.05, 0.1) is 0 Å². The van der Waals surface area contributed by atoms with Crippen LogP contribution in [0, 0.1) is 0 Å². The fraction of sp³-hybridized carbons (Fsp3) is 1.00. The first-order valence-corrected chi connectivity index (χ1v) is 4.55. The van der Waals surface area contributed by atoms with Gasteiger partial charge in [0.25, 0.3) is 0 Å². The maximum atomic E-state index is 8.34. The van der Waals surface area contributed by atoms with Gasteiger partial charge >= 0.3 is 37.1 Å². The summed E-state index contributed by atoms with van der Waals surface area (Å²) in [6.07, 6.45) is 0. The van der Waals surface area contributed by atoms with Crippen LogP contribution in [0.5, 0.6) is 0 Å². The molecule has 0 saturated heterocycles. The molecular formula is C3H10O4SiZr. The van der Waals surface area contributed by atoms with E-state index < -0.39 is 9.53 Å². The van der Waals surface area contributed by atoms with Gasteiger partial charge in [-0.05, 0) is 0 Å². The Morgan fingerprint density at radius 3 is 1.22 bits per heavy atom. The Hall–Kier alpha value is 0.780. The molecule has 0 aromatic rings. The van der Waals surface area contributed by atoms with Crippen LogP contribution in [-0.2, 0) is 40.8 Å².